The van der Waals surface area contributed by atoms with Crippen molar-refractivity contribution in [1.82, 2.24) is 20.9 Å². The number of carboxylic acid groups (broad SMARTS) is 2. The van der Waals surface area contributed by atoms with E-state index in [1.807, 2.05) is 5.32 Å². The minimum absolute atomic E-state index is 0.124. The van der Waals surface area contributed by atoms with Crippen LogP contribution in [0.3, 0.4) is 0 Å². The summed E-state index contributed by atoms with van der Waals surface area (Å²) >= 11 is 0. The molecule has 0 aliphatic heterocycles. The molecule has 0 saturated heterocycles. The van der Waals surface area contributed by atoms with E-state index in [9.17, 15) is 33.9 Å². The molecule has 200 valence electrons. The molecule has 2 rings (SSSR count). The van der Waals surface area contributed by atoms with Gasteiger partial charge < -0.3 is 47.7 Å². The van der Waals surface area contributed by atoms with Crippen LogP contribution in [-0.2, 0) is 35.2 Å². The highest BCUT2D eigenvalue weighted by atomic mass is 16.4. The van der Waals surface area contributed by atoms with Crippen LogP contribution in [0.4, 0.5) is 0 Å². The number of nitrogens with two attached hydrogens (primary N) is 2. The number of para-hydroxylation sites is 1. The van der Waals surface area contributed by atoms with Crippen LogP contribution in [0.5, 0.6) is 0 Å². The Kier molecular flexibility index (Phi) is 10.1. The second-order valence-electron chi connectivity index (χ2n) is 8.14. The molecule has 15 nitrogen and oxygen atoms in total. The van der Waals surface area contributed by atoms with Gasteiger partial charge in [0.15, 0.2) is 0 Å². The van der Waals surface area contributed by atoms with Gasteiger partial charge in [-0.1, -0.05) is 18.2 Å². The number of aromatic nitrogens is 1. The number of hydrogen-bond donors (Lipinski definition) is 9. The Labute approximate surface area is 209 Å². The molecule has 0 saturated carbocycles. The molecule has 4 atom stereocenters. The second kappa shape index (κ2) is 13.0. The minimum atomic E-state index is -1.75. The Morgan fingerprint density at radius 3 is 2.05 bits per heavy atom. The third kappa shape index (κ3) is 8.29. The number of primary amides is 1. The van der Waals surface area contributed by atoms with Crippen LogP contribution in [0.15, 0.2) is 30.5 Å². The predicted octanol–water partition coefficient (Wildman–Crippen LogP) is -3.08. The highest BCUT2D eigenvalue weighted by Crippen LogP contribution is 2.19. The van der Waals surface area contributed by atoms with Gasteiger partial charge in [0.2, 0.25) is 23.6 Å². The molecule has 0 radical (unpaired) electrons. The number of amides is 4. The normalized spacial score (nSPS) is 14.1. The number of rotatable bonds is 14. The lowest BCUT2D eigenvalue weighted by molar-refractivity contribution is -0.144. The smallest absolute Gasteiger partial charge is 0.328 e. The number of aliphatic hydroxyl groups is 1. The minimum Gasteiger partial charge on any atom is -0.481 e. The van der Waals surface area contributed by atoms with Crippen molar-refractivity contribution in [3.8, 4) is 0 Å². The van der Waals surface area contributed by atoms with Gasteiger partial charge in [-0.15, -0.1) is 0 Å². The summed E-state index contributed by atoms with van der Waals surface area (Å²) in [6, 6.07) is 0.819. The maximum atomic E-state index is 13.2. The summed E-state index contributed by atoms with van der Waals surface area (Å²) in [5.74, 6) is -6.98. The van der Waals surface area contributed by atoms with Gasteiger partial charge in [0.05, 0.1) is 25.5 Å². The van der Waals surface area contributed by atoms with E-state index in [2.05, 4.69) is 15.6 Å². The maximum absolute atomic E-state index is 13.2. The summed E-state index contributed by atoms with van der Waals surface area (Å²) in [7, 11) is 0. The first kappa shape index (κ1) is 28.7. The molecule has 0 fully saturated rings. The molecule has 0 aliphatic carbocycles. The SMILES string of the molecule is NC(=O)CC(N)C(=O)NC(Cc1c[nH]c2ccccc12)C(=O)NC(CC(=O)O)C(=O)NC(CO)C(=O)O. The molecule has 11 N–H and O–H groups in total. The number of aliphatic carboxylic acids is 2. The summed E-state index contributed by atoms with van der Waals surface area (Å²) in [4.78, 5) is 74.8. The van der Waals surface area contributed by atoms with Crippen molar-refractivity contribution in [1.29, 1.82) is 0 Å². The molecule has 0 spiro atoms. The number of aliphatic hydroxyl groups excluding tert-OH is 1. The Balaban J connectivity index is 2.31. The molecule has 1 aromatic carbocycles. The number of benzene rings is 1. The summed E-state index contributed by atoms with van der Waals surface area (Å²) in [6.07, 6.45) is 0.0422. The number of nitrogens with one attached hydrogen (secondary N) is 4. The van der Waals surface area contributed by atoms with Crippen molar-refractivity contribution in [2.24, 2.45) is 11.5 Å². The Bertz CT molecular complexity index is 1180. The lowest BCUT2D eigenvalue weighted by atomic mass is 10.0. The number of hydrogen-bond acceptors (Lipinski definition) is 8. The van der Waals surface area contributed by atoms with Gasteiger partial charge in [0.25, 0.3) is 0 Å². The van der Waals surface area contributed by atoms with Crippen LogP contribution < -0.4 is 27.4 Å². The number of fused-ring (bicyclic) bond motifs is 1. The Morgan fingerprint density at radius 2 is 1.46 bits per heavy atom. The first-order chi connectivity index (χ1) is 17.4. The average molecular weight is 520 g/mol. The van der Waals surface area contributed by atoms with E-state index in [0.717, 1.165) is 10.9 Å². The van der Waals surface area contributed by atoms with Gasteiger partial charge in [0, 0.05) is 23.5 Å². The summed E-state index contributed by atoms with van der Waals surface area (Å²) in [6.45, 7) is -0.980. The molecular formula is C22H28N6O9. The monoisotopic (exact) mass is 520 g/mol. The molecule has 2 aromatic rings. The molecule has 15 heteroatoms. The van der Waals surface area contributed by atoms with E-state index in [1.54, 1.807) is 30.5 Å². The van der Waals surface area contributed by atoms with Gasteiger partial charge in [-0.25, -0.2) is 4.79 Å². The lowest BCUT2D eigenvalue weighted by Gasteiger charge is -2.24. The molecule has 37 heavy (non-hydrogen) atoms. The van der Waals surface area contributed by atoms with Crippen molar-refractivity contribution in [3.63, 3.8) is 0 Å². The molecule has 1 aromatic heterocycles. The largest absolute Gasteiger partial charge is 0.481 e. The number of carboxylic acids is 2. The quantitative estimate of drug-likeness (QED) is 0.121. The lowest BCUT2D eigenvalue weighted by Crippen LogP contribution is -2.58. The van der Waals surface area contributed by atoms with E-state index in [0.29, 0.717) is 5.56 Å². The number of carbonyl (C=O) groups is 6. The van der Waals surface area contributed by atoms with Crippen molar-refractivity contribution in [3.05, 3.63) is 36.0 Å². The summed E-state index contributed by atoms with van der Waals surface area (Å²) in [5, 5.41) is 34.6. The first-order valence-corrected chi connectivity index (χ1v) is 11.0. The van der Waals surface area contributed by atoms with E-state index in [4.69, 9.17) is 21.7 Å². The Hall–Kier alpha value is -4.50. The highest BCUT2D eigenvalue weighted by molar-refractivity contribution is 5.96. The number of aromatic amines is 1. The molecule has 0 bridgehead atoms. The molecule has 4 unspecified atom stereocenters. The topological polar surface area (TPSA) is 267 Å². The standard InChI is InChI=1S/C22H28N6O9/c23-12(6-17(24)30)19(33)26-14(5-10-8-25-13-4-2-1-3-11(10)13)20(34)27-15(7-18(31)32)21(35)28-16(9-29)22(36)37/h1-4,8,12,14-16,25,29H,5-7,9,23H2,(H2,24,30)(H,26,33)(H,27,34)(H,28,35)(H,31,32)(H,36,37). The molecular weight excluding hydrogens is 492 g/mol. The van der Waals surface area contributed by atoms with Crippen LogP contribution in [0.1, 0.15) is 18.4 Å². The summed E-state index contributed by atoms with van der Waals surface area (Å²) in [5.41, 5.74) is 12.1. The zero-order chi connectivity index (χ0) is 27.7. The van der Waals surface area contributed by atoms with Crippen LogP contribution >= 0.6 is 0 Å². The van der Waals surface area contributed by atoms with Gasteiger partial charge in [0.1, 0.15) is 18.1 Å². The van der Waals surface area contributed by atoms with E-state index in [1.165, 1.54) is 0 Å². The second-order valence-corrected chi connectivity index (χ2v) is 8.14. The van der Waals surface area contributed by atoms with Gasteiger partial charge in [-0.05, 0) is 11.6 Å². The van der Waals surface area contributed by atoms with Crippen LogP contribution in [-0.4, -0.2) is 86.6 Å². The van der Waals surface area contributed by atoms with Crippen LogP contribution in [0, 0.1) is 0 Å². The third-order valence-electron chi connectivity index (χ3n) is 5.30. The summed E-state index contributed by atoms with van der Waals surface area (Å²) < 4.78 is 0. The zero-order valence-corrected chi connectivity index (χ0v) is 19.5. The fourth-order valence-corrected chi connectivity index (χ4v) is 3.43. The predicted molar refractivity (Wildman–Crippen MR) is 127 cm³/mol. The first-order valence-electron chi connectivity index (χ1n) is 11.0. The van der Waals surface area contributed by atoms with Crippen LogP contribution in [0.2, 0.25) is 0 Å². The van der Waals surface area contributed by atoms with Crippen molar-refractivity contribution in [2.45, 2.75) is 43.4 Å². The number of carbonyl (C=O) groups excluding carboxylic acids is 4. The fraction of sp³-hybridized carbons (Fsp3) is 0.364. The van der Waals surface area contributed by atoms with Crippen molar-refractivity contribution >= 4 is 46.5 Å². The van der Waals surface area contributed by atoms with E-state index < -0.39 is 79.2 Å². The van der Waals surface area contributed by atoms with E-state index in [-0.39, 0.29) is 6.42 Å². The zero-order valence-electron chi connectivity index (χ0n) is 19.5. The van der Waals surface area contributed by atoms with Gasteiger partial charge >= 0.3 is 11.9 Å². The van der Waals surface area contributed by atoms with Crippen LogP contribution in [0.25, 0.3) is 10.9 Å². The maximum Gasteiger partial charge on any atom is 0.328 e. The average Bonchev–Trinajstić information content (AvgIpc) is 3.23. The fourth-order valence-electron chi connectivity index (χ4n) is 3.43. The van der Waals surface area contributed by atoms with Gasteiger partial charge in [-0.3, -0.25) is 24.0 Å². The van der Waals surface area contributed by atoms with Gasteiger partial charge in [-0.2, -0.15) is 0 Å². The molecule has 0 aliphatic rings. The van der Waals surface area contributed by atoms with E-state index >= 15 is 0 Å². The highest BCUT2D eigenvalue weighted by Gasteiger charge is 2.32. The molecule has 1 heterocycles. The number of H-pyrrole nitrogens is 1. The van der Waals surface area contributed by atoms with Crippen molar-refractivity contribution in [2.75, 3.05) is 6.61 Å². The molecule has 4 amide bonds. The third-order valence-corrected chi connectivity index (χ3v) is 5.30. The Morgan fingerprint density at radius 1 is 0.865 bits per heavy atom. The van der Waals surface area contributed by atoms with Crippen molar-refractivity contribution < 1.29 is 44.1 Å².